The lowest BCUT2D eigenvalue weighted by atomic mass is 9.95. The number of benzene rings is 1. The first kappa shape index (κ1) is 19.4. The summed E-state index contributed by atoms with van der Waals surface area (Å²) in [6, 6.07) is 8.80. The van der Waals surface area contributed by atoms with Crippen LogP contribution in [-0.4, -0.2) is 43.1 Å². The molecule has 1 saturated heterocycles. The van der Waals surface area contributed by atoms with Gasteiger partial charge in [0.1, 0.15) is 0 Å². The van der Waals surface area contributed by atoms with Gasteiger partial charge in [-0.25, -0.2) is 9.59 Å². The largest absolute Gasteiger partial charge is 0.463 e. The first-order valence-corrected chi connectivity index (χ1v) is 9.94. The molecule has 1 aromatic carbocycles. The maximum atomic E-state index is 12.8. The van der Waals surface area contributed by atoms with Crippen LogP contribution >= 0.6 is 0 Å². The van der Waals surface area contributed by atoms with Crippen LogP contribution in [0.1, 0.15) is 50.6 Å². The van der Waals surface area contributed by atoms with Gasteiger partial charge < -0.3 is 15.4 Å². The van der Waals surface area contributed by atoms with Gasteiger partial charge in [0.15, 0.2) is 0 Å². The molecule has 146 valence electrons. The minimum atomic E-state index is -0.497. The molecule has 0 saturated carbocycles. The monoisotopic (exact) mass is 371 g/mol. The third kappa shape index (κ3) is 5.10. The van der Waals surface area contributed by atoms with E-state index in [-0.39, 0.29) is 12.0 Å². The Hall–Kier alpha value is -2.34. The highest BCUT2D eigenvalue weighted by molar-refractivity contribution is 5.95. The lowest BCUT2D eigenvalue weighted by Gasteiger charge is -2.32. The Balaban J connectivity index is 1.92. The molecule has 2 N–H and O–H groups in total. The number of ether oxygens (including phenoxy) is 1. The van der Waals surface area contributed by atoms with E-state index in [1.807, 2.05) is 30.3 Å². The smallest absolute Gasteiger partial charge is 0.338 e. The molecule has 2 aliphatic rings. The summed E-state index contributed by atoms with van der Waals surface area (Å²) < 4.78 is 5.33. The van der Waals surface area contributed by atoms with Crippen LogP contribution in [-0.2, 0) is 9.53 Å². The first-order chi connectivity index (χ1) is 13.2. The van der Waals surface area contributed by atoms with Crippen molar-refractivity contribution in [2.45, 2.75) is 45.1 Å². The number of urea groups is 1. The van der Waals surface area contributed by atoms with Gasteiger partial charge in [0.25, 0.3) is 0 Å². The third-order valence-corrected chi connectivity index (χ3v) is 5.11. The zero-order valence-corrected chi connectivity index (χ0v) is 16.0. The standard InChI is InChI=1S/C21H29N3O3/c1-2-27-20(25)18-17(15-24-13-9-4-3-5-10-14-24)22-21(26)23-19(18)16-11-7-6-8-12-16/h6-8,11-12,19H,2-5,9-10,13-15H2,1H3,(H2,22,23,26). The number of amides is 2. The van der Waals surface area contributed by atoms with E-state index in [9.17, 15) is 9.59 Å². The number of carbonyl (C=O) groups is 2. The Morgan fingerprint density at radius 1 is 1.11 bits per heavy atom. The van der Waals surface area contributed by atoms with Crippen molar-refractivity contribution in [3.05, 3.63) is 47.2 Å². The summed E-state index contributed by atoms with van der Waals surface area (Å²) in [5, 5.41) is 5.76. The minimum absolute atomic E-state index is 0.279. The average Bonchev–Trinajstić information content (AvgIpc) is 2.64. The molecule has 0 aliphatic carbocycles. The zero-order valence-electron chi connectivity index (χ0n) is 16.0. The number of carbonyl (C=O) groups excluding carboxylic acids is 2. The zero-order chi connectivity index (χ0) is 19.1. The minimum Gasteiger partial charge on any atom is -0.463 e. The van der Waals surface area contributed by atoms with E-state index in [0.29, 0.717) is 24.4 Å². The highest BCUT2D eigenvalue weighted by atomic mass is 16.5. The molecule has 0 spiro atoms. The van der Waals surface area contributed by atoms with Crippen LogP contribution in [0.3, 0.4) is 0 Å². The van der Waals surface area contributed by atoms with E-state index in [2.05, 4.69) is 15.5 Å². The molecule has 2 heterocycles. The molecule has 3 rings (SSSR count). The Morgan fingerprint density at radius 2 is 1.78 bits per heavy atom. The van der Waals surface area contributed by atoms with Crippen LogP contribution in [0.2, 0.25) is 0 Å². The van der Waals surface area contributed by atoms with Gasteiger partial charge in [0.05, 0.1) is 18.2 Å². The highest BCUT2D eigenvalue weighted by Gasteiger charge is 2.34. The molecule has 1 fully saturated rings. The molecule has 2 amide bonds. The molecule has 1 aromatic rings. The Labute approximate surface area is 161 Å². The SMILES string of the molecule is CCOC(=O)C1=C(CN2CCCCCCC2)NC(=O)NC1c1ccccc1. The maximum absolute atomic E-state index is 12.8. The molecular formula is C21H29N3O3. The van der Waals surface area contributed by atoms with Gasteiger partial charge >= 0.3 is 12.0 Å². The van der Waals surface area contributed by atoms with Gasteiger partial charge in [-0.3, -0.25) is 4.90 Å². The van der Waals surface area contributed by atoms with Gasteiger partial charge in [-0.1, -0.05) is 49.6 Å². The second-order valence-electron chi connectivity index (χ2n) is 7.10. The molecular weight excluding hydrogens is 342 g/mol. The summed E-state index contributed by atoms with van der Waals surface area (Å²) in [6.45, 7) is 4.63. The van der Waals surface area contributed by atoms with Crippen LogP contribution in [0.15, 0.2) is 41.6 Å². The molecule has 2 aliphatic heterocycles. The molecule has 1 atom stereocenters. The van der Waals surface area contributed by atoms with Gasteiger partial charge in [-0.2, -0.15) is 0 Å². The molecule has 1 unspecified atom stereocenters. The number of hydrogen-bond donors (Lipinski definition) is 2. The van der Waals surface area contributed by atoms with Crippen LogP contribution in [0.5, 0.6) is 0 Å². The maximum Gasteiger partial charge on any atom is 0.338 e. The fourth-order valence-corrected chi connectivity index (χ4v) is 3.78. The quantitative estimate of drug-likeness (QED) is 0.780. The Morgan fingerprint density at radius 3 is 2.44 bits per heavy atom. The van der Waals surface area contributed by atoms with Gasteiger partial charge in [-0.05, 0) is 38.4 Å². The number of likely N-dealkylation sites (tertiary alicyclic amines) is 1. The number of hydrogen-bond acceptors (Lipinski definition) is 4. The van der Waals surface area contributed by atoms with Crippen LogP contribution in [0.4, 0.5) is 4.79 Å². The first-order valence-electron chi connectivity index (χ1n) is 9.94. The number of nitrogens with zero attached hydrogens (tertiary/aromatic N) is 1. The van der Waals surface area contributed by atoms with Crippen molar-refractivity contribution in [1.82, 2.24) is 15.5 Å². The van der Waals surface area contributed by atoms with E-state index in [4.69, 9.17) is 4.74 Å². The van der Waals surface area contributed by atoms with Crippen molar-refractivity contribution < 1.29 is 14.3 Å². The second-order valence-corrected chi connectivity index (χ2v) is 7.10. The predicted octanol–water partition coefficient (Wildman–Crippen LogP) is 3.12. The summed E-state index contributed by atoms with van der Waals surface area (Å²) in [5.74, 6) is -0.374. The van der Waals surface area contributed by atoms with E-state index >= 15 is 0 Å². The number of esters is 1. The average molecular weight is 371 g/mol. The second kappa shape index (κ2) is 9.55. The lowest BCUT2D eigenvalue weighted by Crippen LogP contribution is -2.48. The third-order valence-electron chi connectivity index (χ3n) is 5.11. The van der Waals surface area contributed by atoms with E-state index in [0.717, 1.165) is 31.5 Å². The summed E-state index contributed by atoms with van der Waals surface area (Å²) in [5.41, 5.74) is 2.04. The van der Waals surface area contributed by atoms with Crippen molar-refractivity contribution in [3.63, 3.8) is 0 Å². The molecule has 0 aromatic heterocycles. The fraction of sp³-hybridized carbons (Fsp3) is 0.524. The summed E-state index contributed by atoms with van der Waals surface area (Å²) in [6.07, 6.45) is 6.07. The molecule has 6 nitrogen and oxygen atoms in total. The highest BCUT2D eigenvalue weighted by Crippen LogP contribution is 2.28. The fourth-order valence-electron chi connectivity index (χ4n) is 3.78. The topological polar surface area (TPSA) is 70.7 Å². The number of rotatable bonds is 5. The van der Waals surface area contributed by atoms with Crippen molar-refractivity contribution in [1.29, 1.82) is 0 Å². The van der Waals surface area contributed by atoms with E-state index < -0.39 is 6.04 Å². The van der Waals surface area contributed by atoms with Crippen LogP contribution in [0, 0.1) is 0 Å². The van der Waals surface area contributed by atoms with Crippen LogP contribution in [0.25, 0.3) is 0 Å². The van der Waals surface area contributed by atoms with E-state index in [1.165, 1.54) is 19.3 Å². The van der Waals surface area contributed by atoms with Gasteiger partial charge in [0, 0.05) is 12.2 Å². The van der Waals surface area contributed by atoms with Crippen molar-refractivity contribution in [3.8, 4) is 0 Å². The van der Waals surface area contributed by atoms with Crippen molar-refractivity contribution in [2.24, 2.45) is 0 Å². The van der Waals surface area contributed by atoms with Crippen molar-refractivity contribution in [2.75, 3.05) is 26.2 Å². The predicted molar refractivity (Wildman–Crippen MR) is 104 cm³/mol. The molecule has 6 heteroatoms. The normalized spacial score (nSPS) is 21.7. The van der Waals surface area contributed by atoms with E-state index in [1.54, 1.807) is 6.92 Å². The number of nitrogens with one attached hydrogen (secondary N) is 2. The molecule has 0 bridgehead atoms. The van der Waals surface area contributed by atoms with Crippen LogP contribution < -0.4 is 10.6 Å². The molecule has 27 heavy (non-hydrogen) atoms. The lowest BCUT2D eigenvalue weighted by molar-refractivity contribution is -0.139. The molecule has 0 radical (unpaired) electrons. The van der Waals surface area contributed by atoms with Gasteiger partial charge in [-0.15, -0.1) is 0 Å². The van der Waals surface area contributed by atoms with Gasteiger partial charge in [0.2, 0.25) is 0 Å². The summed E-state index contributed by atoms with van der Waals surface area (Å²) in [4.78, 5) is 27.4. The summed E-state index contributed by atoms with van der Waals surface area (Å²) >= 11 is 0. The Bertz CT molecular complexity index is 679. The Kier molecular flexibility index (Phi) is 6.87. The van der Waals surface area contributed by atoms with Crippen molar-refractivity contribution >= 4 is 12.0 Å². The summed E-state index contributed by atoms with van der Waals surface area (Å²) in [7, 11) is 0.